The Hall–Kier alpha value is -4.43. The second-order valence-electron chi connectivity index (χ2n) is 11.1. The zero-order chi connectivity index (χ0) is 31.6. The number of methoxy groups -OCH3 is 1. The van der Waals surface area contributed by atoms with Gasteiger partial charge in [-0.2, -0.15) is 5.26 Å². The van der Waals surface area contributed by atoms with Gasteiger partial charge in [0.25, 0.3) is 0 Å². The molecule has 2 fully saturated rings. The maximum atomic E-state index is 15.0. The van der Waals surface area contributed by atoms with E-state index in [1.807, 2.05) is 28.0 Å². The van der Waals surface area contributed by atoms with Crippen LogP contribution in [0.2, 0.25) is 0 Å². The smallest absolute Gasteiger partial charge is 0.228 e. The van der Waals surface area contributed by atoms with Gasteiger partial charge in [0.15, 0.2) is 11.5 Å². The van der Waals surface area contributed by atoms with E-state index in [0.717, 1.165) is 37.4 Å². The molecule has 2 aliphatic rings. The van der Waals surface area contributed by atoms with E-state index in [2.05, 4.69) is 34.3 Å². The van der Waals surface area contributed by atoms with Gasteiger partial charge in [-0.25, -0.2) is 8.78 Å². The molecule has 0 saturated carbocycles. The van der Waals surface area contributed by atoms with Crippen LogP contribution in [0.1, 0.15) is 42.5 Å². The minimum Gasteiger partial charge on any atom is -0.497 e. The summed E-state index contributed by atoms with van der Waals surface area (Å²) in [7, 11) is 3.76. The highest BCUT2D eigenvalue weighted by molar-refractivity contribution is 5.81. The Morgan fingerprint density at radius 1 is 1.09 bits per heavy atom. The summed E-state index contributed by atoms with van der Waals surface area (Å²) in [4.78, 5) is 28.9. The van der Waals surface area contributed by atoms with Crippen molar-refractivity contribution in [2.75, 3.05) is 51.8 Å². The van der Waals surface area contributed by atoms with Gasteiger partial charge in [-0.1, -0.05) is 18.2 Å². The number of ether oxygens (including phenoxy) is 1. The summed E-state index contributed by atoms with van der Waals surface area (Å²) in [6, 6.07) is 17.2. The van der Waals surface area contributed by atoms with E-state index in [0.29, 0.717) is 50.1 Å². The van der Waals surface area contributed by atoms with Crippen LogP contribution in [0.4, 0.5) is 14.6 Å². The molecule has 0 bridgehead atoms. The summed E-state index contributed by atoms with van der Waals surface area (Å²) in [5, 5.41) is 17.1. The van der Waals surface area contributed by atoms with Gasteiger partial charge >= 0.3 is 0 Å². The molecule has 3 aromatic rings. The Labute approximate surface area is 257 Å². The van der Waals surface area contributed by atoms with E-state index in [-0.39, 0.29) is 11.6 Å². The lowest BCUT2D eigenvalue weighted by Gasteiger charge is -2.36. The first kappa shape index (κ1) is 32.5. The average molecular weight is 605 g/mol. The van der Waals surface area contributed by atoms with Crippen LogP contribution >= 0.6 is 0 Å². The van der Waals surface area contributed by atoms with Crippen molar-refractivity contribution in [3.8, 4) is 11.8 Å². The highest BCUT2D eigenvalue weighted by Gasteiger charge is 2.42. The molecular weight excluding hydrogens is 566 g/mol. The Kier molecular flexibility index (Phi) is 11.3. The molecule has 3 atom stereocenters. The standard InChI is InChI=1S/C31H34F2N6O2.C2H4O/c1-37-13-14-38(12-4-6-24(37)15-21-5-3-7-25(16-21)41-2)31(40)28-20-39(30-11-9-23(18-34)35-36-30)19-27(28)26-10-8-22(32)17-29(26)33;1-2-3/h3,5,7-11,16-17,24,27-28H,4,6,12-15,19-20H2,1-2H3;2H,1H3/t24?,27-,28+;/m0./s1. The second kappa shape index (κ2) is 15.3. The number of likely N-dealkylation sites (N-methyl/N-ethyl adjacent to an activating group) is 1. The molecule has 0 radical (unpaired) electrons. The number of hydrogen-bond acceptors (Lipinski definition) is 8. The van der Waals surface area contributed by atoms with E-state index in [1.165, 1.54) is 24.6 Å². The van der Waals surface area contributed by atoms with E-state index < -0.39 is 23.5 Å². The van der Waals surface area contributed by atoms with E-state index in [4.69, 9.17) is 14.8 Å². The Balaban J connectivity index is 0.00000141. The Morgan fingerprint density at radius 2 is 1.89 bits per heavy atom. The fourth-order valence-corrected chi connectivity index (χ4v) is 6.01. The molecular formula is C33H38F2N6O3. The molecule has 0 aliphatic carbocycles. The highest BCUT2D eigenvalue weighted by Crippen LogP contribution is 2.37. The van der Waals surface area contributed by atoms with Crippen LogP contribution in [0.3, 0.4) is 0 Å². The van der Waals surface area contributed by atoms with E-state index in [9.17, 15) is 13.6 Å². The van der Waals surface area contributed by atoms with Crippen molar-refractivity contribution >= 4 is 18.0 Å². The first-order valence-corrected chi connectivity index (χ1v) is 14.7. The molecule has 3 heterocycles. The Bertz CT molecular complexity index is 1460. The van der Waals surface area contributed by atoms with Crippen molar-refractivity contribution in [3.05, 3.63) is 83.1 Å². The third kappa shape index (κ3) is 7.94. The van der Waals surface area contributed by atoms with Crippen LogP contribution in [-0.2, 0) is 16.0 Å². The second-order valence-corrected chi connectivity index (χ2v) is 11.1. The zero-order valence-corrected chi connectivity index (χ0v) is 25.3. The van der Waals surface area contributed by atoms with Crippen LogP contribution in [0.5, 0.6) is 5.75 Å². The highest BCUT2D eigenvalue weighted by atomic mass is 19.1. The average Bonchev–Trinajstić information content (AvgIpc) is 3.46. The van der Waals surface area contributed by atoms with Crippen LogP contribution in [-0.4, -0.2) is 85.1 Å². The number of amides is 1. The minimum atomic E-state index is -0.659. The molecule has 11 heteroatoms. The van der Waals surface area contributed by atoms with Crippen LogP contribution < -0.4 is 9.64 Å². The van der Waals surface area contributed by atoms with E-state index >= 15 is 0 Å². The summed E-state index contributed by atoms with van der Waals surface area (Å²) in [6.07, 6.45) is 3.43. The number of aromatic nitrogens is 2. The number of aldehydes is 1. The van der Waals surface area contributed by atoms with Crippen molar-refractivity contribution < 1.29 is 23.1 Å². The van der Waals surface area contributed by atoms with Gasteiger partial charge in [0.05, 0.1) is 13.0 Å². The quantitative estimate of drug-likeness (QED) is 0.386. The van der Waals surface area contributed by atoms with Crippen molar-refractivity contribution in [2.24, 2.45) is 5.92 Å². The summed E-state index contributed by atoms with van der Waals surface area (Å²) < 4.78 is 34.1. The molecule has 0 N–H and O–H groups in total. The molecule has 1 amide bonds. The normalized spacial score (nSPS) is 20.5. The van der Waals surface area contributed by atoms with Gasteiger partial charge in [-0.05, 0) is 74.7 Å². The van der Waals surface area contributed by atoms with Crippen molar-refractivity contribution in [3.63, 3.8) is 0 Å². The Morgan fingerprint density at radius 3 is 2.57 bits per heavy atom. The monoisotopic (exact) mass is 604 g/mol. The van der Waals surface area contributed by atoms with Gasteiger partial charge in [0.2, 0.25) is 5.91 Å². The largest absolute Gasteiger partial charge is 0.497 e. The maximum Gasteiger partial charge on any atom is 0.228 e. The number of rotatable bonds is 6. The SMILES string of the molecule is CC=O.COc1cccc(CC2CCCN(C(=O)[C@@H]3CN(c4ccc(C#N)nn4)C[C@H]3c3ccc(F)cc3F)CCN2C)c1. The topological polar surface area (TPSA) is 103 Å². The fraction of sp³-hybridized carbons (Fsp3) is 0.424. The molecule has 2 aliphatic heterocycles. The molecule has 1 aromatic heterocycles. The third-order valence-corrected chi connectivity index (χ3v) is 8.32. The molecule has 2 saturated heterocycles. The molecule has 0 spiro atoms. The van der Waals surface area contributed by atoms with Crippen molar-refractivity contribution in [1.82, 2.24) is 20.0 Å². The summed E-state index contributed by atoms with van der Waals surface area (Å²) in [5.74, 6) is -1.01. The summed E-state index contributed by atoms with van der Waals surface area (Å²) >= 11 is 0. The zero-order valence-electron chi connectivity index (χ0n) is 25.3. The number of anilines is 1. The van der Waals surface area contributed by atoms with Crippen LogP contribution in [0.15, 0.2) is 54.6 Å². The van der Waals surface area contributed by atoms with Crippen LogP contribution in [0, 0.1) is 28.9 Å². The summed E-state index contributed by atoms with van der Waals surface area (Å²) in [5.41, 5.74) is 1.73. The summed E-state index contributed by atoms with van der Waals surface area (Å²) in [6.45, 7) is 4.00. The number of nitriles is 1. The number of carbonyl (C=O) groups excluding carboxylic acids is 2. The van der Waals surface area contributed by atoms with Crippen molar-refractivity contribution in [2.45, 2.75) is 38.1 Å². The molecule has 44 heavy (non-hydrogen) atoms. The lowest BCUT2D eigenvalue weighted by Crippen LogP contribution is -2.47. The molecule has 232 valence electrons. The number of carbonyl (C=O) groups is 2. The van der Waals surface area contributed by atoms with Gasteiger partial charge in [0.1, 0.15) is 29.7 Å². The van der Waals surface area contributed by atoms with Gasteiger partial charge in [-0.3, -0.25) is 4.79 Å². The molecule has 9 nitrogen and oxygen atoms in total. The minimum absolute atomic E-state index is 0.0394. The molecule has 5 rings (SSSR count). The fourth-order valence-electron chi connectivity index (χ4n) is 6.01. The lowest BCUT2D eigenvalue weighted by atomic mass is 9.87. The van der Waals surface area contributed by atoms with Crippen molar-refractivity contribution in [1.29, 1.82) is 5.26 Å². The first-order chi connectivity index (χ1) is 21.3. The number of benzene rings is 2. The lowest BCUT2D eigenvalue weighted by molar-refractivity contribution is -0.136. The predicted octanol–water partition coefficient (Wildman–Crippen LogP) is 4.23. The molecule has 1 unspecified atom stereocenters. The molecule has 2 aromatic carbocycles. The number of nitrogens with zero attached hydrogens (tertiary/aromatic N) is 6. The van der Waals surface area contributed by atoms with Gasteiger partial charge in [0, 0.05) is 50.7 Å². The first-order valence-electron chi connectivity index (χ1n) is 14.7. The predicted molar refractivity (Wildman–Crippen MR) is 162 cm³/mol. The van der Waals surface area contributed by atoms with Gasteiger partial charge in [-0.15, -0.1) is 10.2 Å². The van der Waals surface area contributed by atoms with Gasteiger partial charge < -0.3 is 24.2 Å². The number of hydrogen-bond donors (Lipinski definition) is 0. The van der Waals surface area contributed by atoms with E-state index in [1.54, 1.807) is 19.2 Å². The maximum absolute atomic E-state index is 15.0. The number of halogens is 2. The third-order valence-electron chi connectivity index (χ3n) is 8.32. The van der Waals surface area contributed by atoms with Crippen LogP contribution in [0.25, 0.3) is 0 Å².